The number of hydrogen-bond donors (Lipinski definition) is 3. The summed E-state index contributed by atoms with van der Waals surface area (Å²) in [6.45, 7) is 5.17. The first kappa shape index (κ1) is 18.0. The lowest BCUT2D eigenvalue weighted by molar-refractivity contribution is -0.132. The molecule has 0 radical (unpaired) electrons. The molecule has 0 bridgehead atoms. The van der Waals surface area contributed by atoms with Crippen LogP contribution in [0.5, 0.6) is 0 Å². The predicted octanol–water partition coefficient (Wildman–Crippen LogP) is 2.43. The molecule has 0 aromatic carbocycles. The van der Waals surface area contributed by atoms with Crippen molar-refractivity contribution < 1.29 is 23.1 Å². The second-order valence-corrected chi connectivity index (χ2v) is 5.40. The van der Waals surface area contributed by atoms with Gasteiger partial charge in [0, 0.05) is 13.1 Å². The van der Waals surface area contributed by atoms with E-state index in [1.54, 1.807) is 6.92 Å². The van der Waals surface area contributed by atoms with Crippen LogP contribution in [-0.2, 0) is 0 Å². The zero-order chi connectivity index (χ0) is 15.1. The first-order chi connectivity index (χ1) is 8.52. The highest BCUT2D eigenvalue weighted by molar-refractivity contribution is 5.73. The first-order valence-electron chi connectivity index (χ1n) is 6.33. The smallest absolute Gasteiger partial charge is 0.388 e. The lowest BCUT2D eigenvalue weighted by atomic mass is 9.95. The molecule has 0 aromatic rings. The quantitative estimate of drug-likeness (QED) is 0.672. The van der Waals surface area contributed by atoms with Gasteiger partial charge < -0.3 is 15.7 Å². The molecule has 0 saturated heterocycles. The van der Waals surface area contributed by atoms with Crippen LogP contribution >= 0.6 is 0 Å². The molecular formula is C12H23F3N2O2. The Hall–Kier alpha value is -0.980. The average Bonchev–Trinajstić information content (AvgIpc) is 2.22. The zero-order valence-corrected chi connectivity index (χ0v) is 11.6. The summed E-state index contributed by atoms with van der Waals surface area (Å²) >= 11 is 0. The maximum Gasteiger partial charge on any atom is 0.390 e. The minimum absolute atomic E-state index is 0.0115. The Balaban J connectivity index is 3.82. The van der Waals surface area contributed by atoms with E-state index in [9.17, 15) is 23.1 Å². The molecule has 0 saturated carbocycles. The SMILES string of the molecule is CC(C)CCC(C)(O)CNC(=O)NCCC(F)(F)F. The van der Waals surface area contributed by atoms with Gasteiger partial charge in [0.15, 0.2) is 0 Å². The number of carbonyl (C=O) groups excluding carboxylic acids is 1. The molecule has 0 aromatic heterocycles. The summed E-state index contributed by atoms with van der Waals surface area (Å²) < 4.78 is 35.5. The van der Waals surface area contributed by atoms with Gasteiger partial charge in [-0.15, -0.1) is 0 Å². The highest BCUT2D eigenvalue weighted by atomic mass is 19.4. The third kappa shape index (κ3) is 11.8. The van der Waals surface area contributed by atoms with Crippen LogP contribution in [0.15, 0.2) is 0 Å². The summed E-state index contributed by atoms with van der Waals surface area (Å²) in [4.78, 5) is 11.2. The molecule has 1 atom stereocenters. The van der Waals surface area contributed by atoms with Crippen LogP contribution in [0.2, 0.25) is 0 Å². The van der Waals surface area contributed by atoms with Crippen LogP contribution in [-0.4, -0.2) is 36.0 Å². The van der Waals surface area contributed by atoms with Crippen molar-refractivity contribution in [3.63, 3.8) is 0 Å². The lowest BCUT2D eigenvalue weighted by Gasteiger charge is -2.24. The van der Waals surface area contributed by atoms with E-state index in [2.05, 4.69) is 10.6 Å². The minimum Gasteiger partial charge on any atom is -0.388 e. The monoisotopic (exact) mass is 284 g/mol. The van der Waals surface area contributed by atoms with Crippen molar-refractivity contribution in [2.75, 3.05) is 13.1 Å². The fourth-order valence-corrected chi connectivity index (χ4v) is 1.34. The summed E-state index contributed by atoms with van der Waals surface area (Å²) in [6, 6.07) is -0.700. The highest BCUT2D eigenvalue weighted by Gasteiger charge is 2.27. The standard InChI is InChI=1S/C12H23F3N2O2/c1-9(2)4-5-11(3,19)8-17-10(18)16-7-6-12(13,14)15/h9,19H,4-8H2,1-3H3,(H2,16,17,18). The maximum atomic E-state index is 11.8. The number of hydrogen-bond acceptors (Lipinski definition) is 2. The van der Waals surface area contributed by atoms with Gasteiger partial charge in [-0.1, -0.05) is 13.8 Å². The Morgan fingerprint density at radius 1 is 1.21 bits per heavy atom. The molecule has 4 nitrogen and oxygen atoms in total. The van der Waals surface area contributed by atoms with E-state index in [1.165, 1.54) is 0 Å². The van der Waals surface area contributed by atoms with E-state index in [4.69, 9.17) is 0 Å². The van der Waals surface area contributed by atoms with Crippen molar-refractivity contribution in [3.8, 4) is 0 Å². The molecule has 3 N–H and O–H groups in total. The highest BCUT2D eigenvalue weighted by Crippen LogP contribution is 2.18. The molecular weight excluding hydrogens is 261 g/mol. The number of urea groups is 1. The maximum absolute atomic E-state index is 11.8. The number of aliphatic hydroxyl groups is 1. The molecule has 1 unspecified atom stereocenters. The Morgan fingerprint density at radius 3 is 2.26 bits per heavy atom. The topological polar surface area (TPSA) is 61.4 Å². The Bertz CT molecular complexity index is 279. The van der Waals surface area contributed by atoms with Crippen molar-refractivity contribution in [2.45, 2.75) is 51.8 Å². The molecule has 0 aliphatic carbocycles. The summed E-state index contributed by atoms with van der Waals surface area (Å²) in [5.41, 5.74) is -1.05. The molecule has 0 aliphatic rings. The van der Waals surface area contributed by atoms with Gasteiger partial charge in [0.2, 0.25) is 0 Å². The summed E-state index contributed by atoms with van der Waals surface area (Å²) in [5, 5.41) is 14.4. The van der Waals surface area contributed by atoms with E-state index in [-0.39, 0.29) is 6.54 Å². The number of nitrogens with one attached hydrogen (secondary N) is 2. The molecule has 0 aliphatic heterocycles. The molecule has 114 valence electrons. The van der Waals surface area contributed by atoms with Crippen molar-refractivity contribution >= 4 is 6.03 Å². The molecule has 0 fully saturated rings. The van der Waals surface area contributed by atoms with Crippen LogP contribution < -0.4 is 10.6 Å². The fourth-order valence-electron chi connectivity index (χ4n) is 1.34. The number of alkyl halides is 3. The normalized spacial score (nSPS) is 15.2. The zero-order valence-electron chi connectivity index (χ0n) is 11.6. The van der Waals surface area contributed by atoms with E-state index < -0.39 is 30.8 Å². The molecule has 2 amide bonds. The van der Waals surface area contributed by atoms with Gasteiger partial charge in [-0.2, -0.15) is 13.2 Å². The van der Waals surface area contributed by atoms with Crippen LogP contribution in [0.3, 0.4) is 0 Å². The van der Waals surface area contributed by atoms with Crippen LogP contribution in [0, 0.1) is 5.92 Å². The van der Waals surface area contributed by atoms with E-state index in [0.29, 0.717) is 12.3 Å². The van der Waals surface area contributed by atoms with Gasteiger partial charge in [0.25, 0.3) is 0 Å². The third-order valence-corrected chi connectivity index (χ3v) is 2.58. The van der Waals surface area contributed by atoms with E-state index in [0.717, 1.165) is 6.42 Å². The van der Waals surface area contributed by atoms with E-state index in [1.807, 2.05) is 13.8 Å². The molecule has 0 spiro atoms. The lowest BCUT2D eigenvalue weighted by Crippen LogP contribution is -2.45. The molecule has 7 heteroatoms. The van der Waals surface area contributed by atoms with E-state index >= 15 is 0 Å². The molecule has 19 heavy (non-hydrogen) atoms. The van der Waals surface area contributed by atoms with Gasteiger partial charge in [-0.3, -0.25) is 0 Å². The number of halogens is 3. The second kappa shape index (κ2) is 7.57. The van der Waals surface area contributed by atoms with Crippen molar-refractivity contribution in [3.05, 3.63) is 0 Å². The van der Waals surface area contributed by atoms with Crippen LogP contribution in [0.1, 0.15) is 40.0 Å². The minimum atomic E-state index is -4.28. The number of rotatable bonds is 7. The average molecular weight is 284 g/mol. The van der Waals surface area contributed by atoms with Crippen molar-refractivity contribution in [1.82, 2.24) is 10.6 Å². The largest absolute Gasteiger partial charge is 0.390 e. The van der Waals surface area contributed by atoms with Crippen LogP contribution in [0.4, 0.5) is 18.0 Å². The Morgan fingerprint density at radius 2 is 1.79 bits per heavy atom. The summed E-state index contributed by atoms with van der Waals surface area (Å²) in [7, 11) is 0. The van der Waals surface area contributed by atoms with Gasteiger partial charge in [-0.05, 0) is 25.7 Å². The second-order valence-electron chi connectivity index (χ2n) is 5.40. The van der Waals surface area contributed by atoms with Gasteiger partial charge in [0.1, 0.15) is 0 Å². The van der Waals surface area contributed by atoms with Crippen molar-refractivity contribution in [2.24, 2.45) is 5.92 Å². The van der Waals surface area contributed by atoms with Gasteiger partial charge in [0.05, 0.1) is 12.0 Å². The molecule has 0 heterocycles. The molecule has 0 rings (SSSR count). The summed E-state index contributed by atoms with van der Waals surface area (Å²) in [6.07, 6.45) is -4.02. The Labute approximate surface area is 111 Å². The first-order valence-corrected chi connectivity index (χ1v) is 6.33. The third-order valence-electron chi connectivity index (χ3n) is 2.58. The number of amides is 2. The van der Waals surface area contributed by atoms with Crippen molar-refractivity contribution in [1.29, 1.82) is 0 Å². The number of carbonyl (C=O) groups is 1. The summed E-state index contributed by atoms with van der Waals surface area (Å²) in [5.74, 6) is 0.437. The van der Waals surface area contributed by atoms with Gasteiger partial charge >= 0.3 is 12.2 Å². The predicted molar refractivity (Wildman–Crippen MR) is 66.8 cm³/mol. The van der Waals surface area contributed by atoms with Crippen LogP contribution in [0.25, 0.3) is 0 Å². The Kier molecular flexibility index (Phi) is 7.18. The van der Waals surface area contributed by atoms with Gasteiger partial charge in [-0.25, -0.2) is 4.79 Å². The fraction of sp³-hybridized carbons (Fsp3) is 0.917.